The molecule has 0 radical (unpaired) electrons. The van der Waals surface area contributed by atoms with E-state index in [1.54, 1.807) is 11.3 Å². The van der Waals surface area contributed by atoms with Crippen LogP contribution in [0, 0.1) is 8.80 Å². The van der Waals surface area contributed by atoms with E-state index in [0.717, 1.165) is 25.0 Å². The van der Waals surface area contributed by atoms with Crippen molar-refractivity contribution in [1.29, 1.82) is 0 Å². The molecular formula is C14H19IO2S. The number of aliphatic hydroxyl groups is 1. The van der Waals surface area contributed by atoms with Gasteiger partial charge in [-0.3, -0.25) is 0 Å². The zero-order valence-electron chi connectivity index (χ0n) is 10.4. The fraction of sp³-hybridized carbons (Fsp3) is 0.714. The van der Waals surface area contributed by atoms with Crippen molar-refractivity contribution >= 4 is 33.9 Å². The average molecular weight is 378 g/mol. The van der Waals surface area contributed by atoms with Gasteiger partial charge < -0.3 is 9.84 Å². The first-order chi connectivity index (χ1) is 8.69. The first-order valence-electron chi connectivity index (χ1n) is 6.74. The lowest BCUT2D eigenvalue weighted by molar-refractivity contribution is -0.113. The smallest absolute Gasteiger partial charge is 0.0828 e. The standard InChI is InChI=1S/C14H19IO2S/c15-12-7-11(9-18-12)13(16)10-3-6-17-14(8-10)4-1-2-5-14/h7,9-10,13,16H,1-6,8H2. The van der Waals surface area contributed by atoms with Crippen LogP contribution in [0.3, 0.4) is 0 Å². The largest absolute Gasteiger partial charge is 0.388 e. The molecule has 2 nitrogen and oxygen atoms in total. The maximum Gasteiger partial charge on any atom is 0.0828 e. The van der Waals surface area contributed by atoms with Gasteiger partial charge >= 0.3 is 0 Å². The molecule has 1 aliphatic carbocycles. The molecule has 100 valence electrons. The molecule has 2 heterocycles. The predicted molar refractivity (Wildman–Crippen MR) is 81.9 cm³/mol. The van der Waals surface area contributed by atoms with Gasteiger partial charge in [-0.25, -0.2) is 0 Å². The van der Waals surface area contributed by atoms with Gasteiger partial charge in [-0.2, -0.15) is 0 Å². The summed E-state index contributed by atoms with van der Waals surface area (Å²) < 4.78 is 7.29. The normalized spacial score (nSPS) is 28.7. The van der Waals surface area contributed by atoms with Gasteiger partial charge in [0.25, 0.3) is 0 Å². The monoisotopic (exact) mass is 378 g/mol. The number of halogens is 1. The molecule has 2 unspecified atom stereocenters. The molecule has 1 spiro atoms. The topological polar surface area (TPSA) is 29.5 Å². The second kappa shape index (κ2) is 5.38. The summed E-state index contributed by atoms with van der Waals surface area (Å²) in [6, 6.07) is 2.12. The van der Waals surface area contributed by atoms with Crippen LogP contribution < -0.4 is 0 Å². The quantitative estimate of drug-likeness (QED) is 0.785. The predicted octanol–water partition coefficient (Wildman–Crippen LogP) is 4.13. The molecule has 18 heavy (non-hydrogen) atoms. The van der Waals surface area contributed by atoms with Crippen LogP contribution in [0.2, 0.25) is 0 Å². The van der Waals surface area contributed by atoms with Crippen molar-refractivity contribution in [2.45, 2.75) is 50.2 Å². The summed E-state index contributed by atoms with van der Waals surface area (Å²) in [7, 11) is 0. The second-order valence-electron chi connectivity index (χ2n) is 5.62. The summed E-state index contributed by atoms with van der Waals surface area (Å²) in [6.45, 7) is 0.822. The molecule has 2 atom stereocenters. The highest BCUT2D eigenvalue weighted by atomic mass is 127. The molecule has 1 aromatic rings. The van der Waals surface area contributed by atoms with E-state index in [0.29, 0.717) is 5.92 Å². The highest BCUT2D eigenvalue weighted by Crippen LogP contribution is 2.45. The van der Waals surface area contributed by atoms with E-state index in [2.05, 4.69) is 34.0 Å². The maximum atomic E-state index is 10.6. The maximum absolute atomic E-state index is 10.6. The van der Waals surface area contributed by atoms with Crippen LogP contribution in [0.4, 0.5) is 0 Å². The Morgan fingerprint density at radius 2 is 2.22 bits per heavy atom. The number of rotatable bonds is 2. The van der Waals surface area contributed by atoms with E-state index in [9.17, 15) is 5.11 Å². The van der Waals surface area contributed by atoms with E-state index < -0.39 is 0 Å². The Morgan fingerprint density at radius 3 is 2.89 bits per heavy atom. The van der Waals surface area contributed by atoms with E-state index in [4.69, 9.17) is 4.74 Å². The Kier molecular flexibility index (Phi) is 3.99. The van der Waals surface area contributed by atoms with Gasteiger partial charge in [0.1, 0.15) is 0 Å². The van der Waals surface area contributed by atoms with Crippen molar-refractivity contribution in [3.63, 3.8) is 0 Å². The highest BCUT2D eigenvalue weighted by molar-refractivity contribution is 14.1. The SMILES string of the molecule is OC(c1csc(I)c1)C1CCOC2(CCCC2)C1. The zero-order chi connectivity index (χ0) is 12.6. The van der Waals surface area contributed by atoms with Crippen LogP contribution in [-0.2, 0) is 4.74 Å². The van der Waals surface area contributed by atoms with Gasteiger partial charge in [-0.05, 0) is 71.2 Å². The van der Waals surface area contributed by atoms with E-state index >= 15 is 0 Å². The third-order valence-corrected chi connectivity index (χ3v) is 6.23. The minimum absolute atomic E-state index is 0.104. The lowest BCUT2D eigenvalue weighted by Crippen LogP contribution is -2.39. The Balaban J connectivity index is 1.72. The Labute approximate surface area is 126 Å². The second-order valence-corrected chi connectivity index (χ2v) is 8.43. The van der Waals surface area contributed by atoms with Crippen molar-refractivity contribution in [3.8, 4) is 0 Å². The highest BCUT2D eigenvalue weighted by Gasteiger charge is 2.42. The Bertz CT molecular complexity index is 412. The molecular weight excluding hydrogens is 359 g/mol. The van der Waals surface area contributed by atoms with Crippen LogP contribution in [-0.4, -0.2) is 17.3 Å². The Hall–Kier alpha value is 0.350. The fourth-order valence-corrected chi connectivity index (χ4v) is 4.85. The van der Waals surface area contributed by atoms with Gasteiger partial charge in [-0.15, -0.1) is 11.3 Å². The first-order valence-corrected chi connectivity index (χ1v) is 8.70. The Morgan fingerprint density at radius 1 is 1.44 bits per heavy atom. The summed E-state index contributed by atoms with van der Waals surface area (Å²) in [5, 5.41) is 12.7. The minimum atomic E-state index is -0.300. The lowest BCUT2D eigenvalue weighted by Gasteiger charge is -2.40. The van der Waals surface area contributed by atoms with Crippen LogP contribution >= 0.6 is 33.9 Å². The van der Waals surface area contributed by atoms with Gasteiger partial charge in [0.15, 0.2) is 0 Å². The molecule has 0 bridgehead atoms. The molecule has 2 aliphatic rings. The molecule has 1 N–H and O–H groups in total. The third-order valence-electron chi connectivity index (χ3n) is 4.42. The summed E-state index contributed by atoms with van der Waals surface area (Å²) in [5.74, 6) is 0.377. The molecule has 1 aliphatic heterocycles. The number of ether oxygens (including phenoxy) is 1. The molecule has 3 rings (SSSR count). The molecule has 0 amide bonds. The van der Waals surface area contributed by atoms with Gasteiger partial charge in [0, 0.05) is 6.61 Å². The van der Waals surface area contributed by atoms with Gasteiger partial charge in [-0.1, -0.05) is 12.8 Å². The van der Waals surface area contributed by atoms with Gasteiger partial charge in [0.2, 0.25) is 0 Å². The van der Waals surface area contributed by atoms with Crippen LogP contribution in [0.15, 0.2) is 11.4 Å². The lowest BCUT2D eigenvalue weighted by atomic mass is 9.80. The third kappa shape index (κ3) is 2.62. The van der Waals surface area contributed by atoms with Crippen LogP contribution in [0.25, 0.3) is 0 Å². The van der Waals surface area contributed by atoms with E-state index in [1.165, 1.54) is 28.6 Å². The summed E-state index contributed by atoms with van der Waals surface area (Å²) >= 11 is 4.04. The van der Waals surface area contributed by atoms with E-state index in [1.807, 2.05) is 0 Å². The van der Waals surface area contributed by atoms with Crippen molar-refractivity contribution < 1.29 is 9.84 Å². The first kappa shape index (κ1) is 13.3. The summed E-state index contributed by atoms with van der Waals surface area (Å²) in [5.41, 5.74) is 1.21. The number of thiophene rings is 1. The van der Waals surface area contributed by atoms with Gasteiger partial charge in [0.05, 0.1) is 14.6 Å². The minimum Gasteiger partial charge on any atom is -0.388 e. The van der Waals surface area contributed by atoms with Crippen LogP contribution in [0.1, 0.15) is 50.2 Å². The number of aliphatic hydroxyl groups excluding tert-OH is 1. The number of hydrogen-bond donors (Lipinski definition) is 1. The zero-order valence-corrected chi connectivity index (χ0v) is 13.4. The van der Waals surface area contributed by atoms with Crippen molar-refractivity contribution in [2.75, 3.05) is 6.61 Å². The van der Waals surface area contributed by atoms with Crippen molar-refractivity contribution in [3.05, 3.63) is 19.9 Å². The molecule has 1 saturated heterocycles. The molecule has 0 aromatic carbocycles. The number of hydrogen-bond acceptors (Lipinski definition) is 3. The molecule has 2 fully saturated rings. The van der Waals surface area contributed by atoms with Crippen LogP contribution in [0.5, 0.6) is 0 Å². The summed E-state index contributed by atoms with van der Waals surface area (Å²) in [6.07, 6.45) is 6.70. The van der Waals surface area contributed by atoms with E-state index in [-0.39, 0.29) is 11.7 Å². The molecule has 1 saturated carbocycles. The summed E-state index contributed by atoms with van der Waals surface area (Å²) in [4.78, 5) is 0. The van der Waals surface area contributed by atoms with Crippen molar-refractivity contribution in [1.82, 2.24) is 0 Å². The molecule has 1 aromatic heterocycles. The molecule has 4 heteroatoms. The van der Waals surface area contributed by atoms with Crippen molar-refractivity contribution in [2.24, 2.45) is 5.92 Å². The fourth-order valence-electron chi connectivity index (χ4n) is 3.45. The average Bonchev–Trinajstić information content (AvgIpc) is 2.98.